The zero-order valence-corrected chi connectivity index (χ0v) is 14.3. The number of hydrogen-bond donors (Lipinski definition) is 2. The van der Waals surface area contributed by atoms with Gasteiger partial charge in [-0.1, -0.05) is 0 Å². The monoisotopic (exact) mass is 358 g/mol. The minimum atomic E-state index is -2.37. The van der Waals surface area contributed by atoms with Gasteiger partial charge >= 0.3 is 113 Å². The Morgan fingerprint density at radius 1 is 1.17 bits per heavy atom. The van der Waals surface area contributed by atoms with Gasteiger partial charge in [0.15, 0.2) is 0 Å². The van der Waals surface area contributed by atoms with E-state index in [9.17, 15) is 15.0 Å². The van der Waals surface area contributed by atoms with Crippen molar-refractivity contribution in [1.82, 2.24) is 0 Å². The second-order valence-electron chi connectivity index (χ2n) is 5.87. The number of aliphatic hydroxyl groups is 1. The van der Waals surface area contributed by atoms with E-state index in [1.54, 1.807) is 12.1 Å². The number of aliphatic carboxylic acids is 1. The molecule has 0 radical (unpaired) electrons. The summed E-state index contributed by atoms with van der Waals surface area (Å²) in [6, 6.07) is 9.07. The van der Waals surface area contributed by atoms with E-state index in [0.717, 1.165) is 0 Å². The van der Waals surface area contributed by atoms with Gasteiger partial charge in [0.2, 0.25) is 0 Å². The third-order valence-electron chi connectivity index (χ3n) is 3.67. The Morgan fingerprint density at radius 3 is 2.06 bits per heavy atom. The van der Waals surface area contributed by atoms with E-state index in [2.05, 4.69) is 14.8 Å². The predicted octanol–water partition coefficient (Wildman–Crippen LogP) is 3.15. The molecule has 0 bridgehead atoms. The van der Waals surface area contributed by atoms with Crippen molar-refractivity contribution in [3.05, 3.63) is 35.9 Å². The third-order valence-corrected chi connectivity index (χ3v) is 12.5. The minimum absolute atomic E-state index is 0.0759. The Labute approximate surface area is 113 Å². The molecule has 1 aromatic carbocycles. The summed E-state index contributed by atoms with van der Waals surface area (Å²) in [6.45, 7) is 1.97. The topological polar surface area (TPSA) is 57.5 Å². The maximum absolute atomic E-state index is 11.5. The number of carbonyl (C=O) groups is 1. The molecule has 0 unspecified atom stereocenters. The van der Waals surface area contributed by atoms with Crippen molar-refractivity contribution in [3.63, 3.8) is 0 Å². The van der Waals surface area contributed by atoms with Crippen LogP contribution in [0.1, 0.15) is 18.6 Å². The van der Waals surface area contributed by atoms with E-state index in [1.165, 1.54) is 0 Å². The van der Waals surface area contributed by atoms with Crippen molar-refractivity contribution in [3.8, 4) is 0 Å². The SMILES string of the molecule is C[C@H]([C@H](C(=O)O)[C@H](O)c1ccccc1)[Sn]([CH3])([CH3])[CH3]. The molecular formula is C14H22O3Sn. The van der Waals surface area contributed by atoms with Crippen LogP contribution in [0.3, 0.4) is 0 Å². The van der Waals surface area contributed by atoms with E-state index in [-0.39, 0.29) is 3.93 Å². The van der Waals surface area contributed by atoms with Crippen LogP contribution in [0.15, 0.2) is 30.3 Å². The molecule has 1 aromatic rings. The van der Waals surface area contributed by atoms with Crippen LogP contribution in [0.5, 0.6) is 0 Å². The number of hydrogen-bond acceptors (Lipinski definition) is 2. The summed E-state index contributed by atoms with van der Waals surface area (Å²) < 4.78 is 0.0759. The van der Waals surface area contributed by atoms with Gasteiger partial charge in [0.25, 0.3) is 0 Å². The zero-order chi connectivity index (χ0) is 13.9. The van der Waals surface area contributed by atoms with Crippen molar-refractivity contribution in [2.24, 2.45) is 5.92 Å². The van der Waals surface area contributed by atoms with Crippen molar-refractivity contribution < 1.29 is 15.0 Å². The van der Waals surface area contributed by atoms with E-state index in [4.69, 9.17) is 0 Å². The van der Waals surface area contributed by atoms with E-state index in [0.29, 0.717) is 5.56 Å². The maximum atomic E-state index is 11.5. The molecule has 0 heterocycles. The molecule has 4 heteroatoms. The number of rotatable bonds is 5. The van der Waals surface area contributed by atoms with Crippen LogP contribution in [0.4, 0.5) is 0 Å². The summed E-state index contributed by atoms with van der Waals surface area (Å²) in [5.41, 5.74) is 0.687. The molecule has 2 N–H and O–H groups in total. The van der Waals surface area contributed by atoms with Gasteiger partial charge in [-0.15, -0.1) is 0 Å². The summed E-state index contributed by atoms with van der Waals surface area (Å²) in [5, 5.41) is 19.7. The second kappa shape index (κ2) is 6.06. The van der Waals surface area contributed by atoms with Gasteiger partial charge in [0, 0.05) is 0 Å². The van der Waals surface area contributed by atoms with Gasteiger partial charge in [0.05, 0.1) is 0 Å². The standard InChI is InChI=1S/C11H13O3.3CH3.Sn/c1-2-9(11(13)14)10(12)8-6-4-3-5-7-8;;;;/h2-7,9-10,12H,1H3,(H,13,14);3*1H3;/t9-,10+;;;;/m0..../s1. The Bertz CT molecular complexity index is 397. The van der Waals surface area contributed by atoms with Gasteiger partial charge in [-0.05, 0) is 0 Å². The molecular weight excluding hydrogens is 335 g/mol. The summed E-state index contributed by atoms with van der Waals surface area (Å²) in [4.78, 5) is 18.1. The van der Waals surface area contributed by atoms with Crippen molar-refractivity contribution >= 4 is 24.3 Å². The molecule has 3 nitrogen and oxygen atoms in total. The van der Waals surface area contributed by atoms with E-state index >= 15 is 0 Å². The number of carboxylic acid groups (broad SMARTS) is 1. The molecule has 0 fully saturated rings. The molecule has 18 heavy (non-hydrogen) atoms. The first kappa shape index (κ1) is 15.5. The zero-order valence-electron chi connectivity index (χ0n) is 11.4. The Kier molecular flexibility index (Phi) is 5.22. The Morgan fingerprint density at radius 2 is 1.67 bits per heavy atom. The van der Waals surface area contributed by atoms with Crippen LogP contribution in [0, 0.1) is 5.92 Å². The quantitative estimate of drug-likeness (QED) is 0.797. The number of aliphatic hydroxyl groups excluding tert-OH is 1. The Hall–Kier alpha value is -0.551. The molecule has 0 amide bonds. The van der Waals surface area contributed by atoms with Crippen LogP contribution in [0.25, 0.3) is 0 Å². The fourth-order valence-electron chi connectivity index (χ4n) is 2.02. The van der Waals surface area contributed by atoms with Gasteiger partial charge in [0.1, 0.15) is 0 Å². The van der Waals surface area contributed by atoms with Crippen LogP contribution < -0.4 is 0 Å². The van der Waals surface area contributed by atoms with Gasteiger partial charge in [-0.2, -0.15) is 0 Å². The summed E-state index contributed by atoms with van der Waals surface area (Å²) in [7, 11) is 0. The second-order valence-corrected chi connectivity index (χ2v) is 22.0. The average Bonchev–Trinajstić information content (AvgIpc) is 2.28. The fourth-order valence-corrected chi connectivity index (χ4v) is 6.02. The molecule has 0 saturated heterocycles. The molecule has 0 aromatic heterocycles. The first-order valence-corrected chi connectivity index (χ1v) is 16.4. The summed E-state index contributed by atoms with van der Waals surface area (Å²) in [6.07, 6.45) is -0.922. The fraction of sp³-hybridized carbons (Fsp3) is 0.500. The average molecular weight is 357 g/mol. The first-order chi connectivity index (χ1) is 8.25. The van der Waals surface area contributed by atoms with Crippen molar-refractivity contribution in [2.45, 2.75) is 31.8 Å². The van der Waals surface area contributed by atoms with Gasteiger partial charge in [-0.25, -0.2) is 0 Å². The first-order valence-electron chi connectivity index (χ1n) is 6.21. The van der Waals surface area contributed by atoms with E-state index in [1.807, 2.05) is 25.1 Å². The predicted molar refractivity (Wildman–Crippen MR) is 75.3 cm³/mol. The summed E-state index contributed by atoms with van der Waals surface area (Å²) >= 11 is -2.37. The normalized spacial score (nSPS) is 16.9. The molecule has 3 atom stereocenters. The molecule has 100 valence electrons. The number of benzene rings is 1. The van der Waals surface area contributed by atoms with Gasteiger partial charge in [-0.3, -0.25) is 0 Å². The van der Waals surface area contributed by atoms with E-state index < -0.39 is 36.4 Å². The Balaban J connectivity index is 3.04. The molecule has 0 aliphatic carbocycles. The molecule has 0 spiro atoms. The van der Waals surface area contributed by atoms with Crippen molar-refractivity contribution in [1.29, 1.82) is 0 Å². The van der Waals surface area contributed by atoms with Crippen LogP contribution in [0.2, 0.25) is 18.8 Å². The molecule has 1 rings (SSSR count). The van der Waals surface area contributed by atoms with Gasteiger partial charge < -0.3 is 0 Å². The third kappa shape index (κ3) is 3.72. The van der Waals surface area contributed by atoms with Crippen molar-refractivity contribution in [2.75, 3.05) is 0 Å². The van der Waals surface area contributed by atoms with Crippen LogP contribution in [-0.2, 0) is 4.79 Å². The molecule has 0 saturated carbocycles. The van der Waals surface area contributed by atoms with Crippen LogP contribution >= 0.6 is 0 Å². The number of carboxylic acids is 1. The molecule has 0 aliphatic rings. The van der Waals surface area contributed by atoms with Crippen LogP contribution in [-0.4, -0.2) is 34.6 Å². The summed E-state index contributed by atoms with van der Waals surface area (Å²) in [5.74, 6) is -1.60. The molecule has 0 aliphatic heterocycles.